The zero-order valence-electron chi connectivity index (χ0n) is 21.5. The van der Waals surface area contributed by atoms with E-state index >= 15 is 0 Å². The second kappa shape index (κ2) is 11.0. The van der Waals surface area contributed by atoms with Crippen molar-refractivity contribution in [2.75, 3.05) is 13.1 Å². The van der Waals surface area contributed by atoms with Gasteiger partial charge < -0.3 is 20.5 Å². The first-order valence-corrected chi connectivity index (χ1v) is 12.6. The minimum absolute atomic E-state index is 0. The normalized spacial score (nSPS) is 18.0. The lowest BCUT2D eigenvalue weighted by molar-refractivity contribution is -0.140. The molecule has 3 heterocycles. The van der Waals surface area contributed by atoms with Crippen molar-refractivity contribution in [2.24, 2.45) is 16.8 Å². The van der Waals surface area contributed by atoms with Crippen molar-refractivity contribution in [3.05, 3.63) is 72.4 Å². The summed E-state index contributed by atoms with van der Waals surface area (Å²) in [6, 6.07) is 18.7. The average Bonchev–Trinajstić information content (AvgIpc) is 3.43. The minimum atomic E-state index is -1.14. The third-order valence-corrected chi connectivity index (χ3v) is 6.98. The van der Waals surface area contributed by atoms with E-state index in [2.05, 4.69) is 10.4 Å². The number of hydrogen-bond acceptors (Lipinski definition) is 5. The number of carbonyl (C=O) groups is 3. The van der Waals surface area contributed by atoms with Crippen LogP contribution in [-0.4, -0.2) is 62.6 Å². The Kier molecular flexibility index (Phi) is 7.89. The lowest BCUT2D eigenvalue weighted by atomic mass is 9.95. The fourth-order valence-electron chi connectivity index (χ4n) is 4.88. The molecule has 2 aliphatic rings. The van der Waals surface area contributed by atoms with Crippen LogP contribution in [0.3, 0.4) is 0 Å². The highest BCUT2D eigenvalue weighted by molar-refractivity contribution is 6.09. The molecule has 1 fully saturated rings. The maximum absolute atomic E-state index is 13.8. The molecule has 10 heteroatoms. The Morgan fingerprint density at radius 3 is 2.55 bits per heavy atom. The summed E-state index contributed by atoms with van der Waals surface area (Å²) in [6.45, 7) is 4.55. The molecule has 2 aromatic carbocycles. The summed E-state index contributed by atoms with van der Waals surface area (Å²) in [6.07, 6.45) is 2.43. The molecule has 3 N–H and O–H groups in total. The van der Waals surface area contributed by atoms with Crippen LogP contribution >= 0.6 is 12.4 Å². The Bertz CT molecular complexity index is 1360. The monoisotopic (exact) mass is 536 g/mol. The van der Waals surface area contributed by atoms with Crippen molar-refractivity contribution in [3.63, 3.8) is 0 Å². The Hall–Kier alpha value is -3.69. The van der Waals surface area contributed by atoms with Crippen LogP contribution < -0.4 is 11.1 Å². The van der Waals surface area contributed by atoms with E-state index < -0.39 is 23.4 Å². The summed E-state index contributed by atoms with van der Waals surface area (Å²) in [4.78, 5) is 41.4. The van der Waals surface area contributed by atoms with E-state index in [1.165, 1.54) is 5.01 Å². The molecule has 2 aliphatic heterocycles. The topological polar surface area (TPSA) is 113 Å². The van der Waals surface area contributed by atoms with E-state index in [0.29, 0.717) is 19.5 Å². The van der Waals surface area contributed by atoms with Crippen molar-refractivity contribution >= 4 is 46.7 Å². The van der Waals surface area contributed by atoms with Crippen molar-refractivity contribution in [2.45, 2.75) is 44.9 Å². The molecule has 5 rings (SSSR count). The summed E-state index contributed by atoms with van der Waals surface area (Å²) in [7, 11) is 0. The molecule has 38 heavy (non-hydrogen) atoms. The van der Waals surface area contributed by atoms with Gasteiger partial charge in [-0.25, -0.2) is 5.01 Å². The highest BCUT2D eigenvalue weighted by atomic mass is 35.5. The molecule has 0 bridgehead atoms. The number of fused-ring (bicyclic) bond motifs is 2. The average molecular weight is 537 g/mol. The molecule has 200 valence electrons. The van der Waals surface area contributed by atoms with E-state index in [1.54, 1.807) is 18.7 Å². The molecule has 2 atom stereocenters. The number of nitrogens with one attached hydrogen (secondary N) is 1. The van der Waals surface area contributed by atoms with E-state index in [4.69, 9.17) is 5.73 Å². The fourth-order valence-corrected chi connectivity index (χ4v) is 4.88. The van der Waals surface area contributed by atoms with Gasteiger partial charge in [0.25, 0.3) is 5.91 Å². The molecule has 0 saturated carbocycles. The number of piperidine rings is 1. The lowest BCUT2D eigenvalue weighted by Gasteiger charge is -2.34. The van der Waals surface area contributed by atoms with Gasteiger partial charge in [-0.15, -0.1) is 12.4 Å². The van der Waals surface area contributed by atoms with Crippen molar-refractivity contribution in [3.8, 4) is 0 Å². The highest BCUT2D eigenvalue weighted by Crippen LogP contribution is 2.26. The lowest BCUT2D eigenvalue weighted by Crippen LogP contribution is -2.59. The zero-order valence-corrected chi connectivity index (χ0v) is 22.4. The van der Waals surface area contributed by atoms with Crippen molar-refractivity contribution < 1.29 is 14.4 Å². The van der Waals surface area contributed by atoms with Gasteiger partial charge in [0.15, 0.2) is 0 Å². The number of aromatic nitrogens is 1. The van der Waals surface area contributed by atoms with Gasteiger partial charge in [0.1, 0.15) is 6.04 Å². The van der Waals surface area contributed by atoms with Gasteiger partial charge in [-0.2, -0.15) is 5.10 Å². The van der Waals surface area contributed by atoms with Crippen LogP contribution in [0.1, 0.15) is 25.8 Å². The molecule has 1 aromatic heterocycles. The van der Waals surface area contributed by atoms with Gasteiger partial charge >= 0.3 is 0 Å². The first kappa shape index (κ1) is 27.3. The van der Waals surface area contributed by atoms with Crippen LogP contribution in [0.25, 0.3) is 10.9 Å². The third kappa shape index (κ3) is 5.58. The molecular weight excluding hydrogens is 504 g/mol. The minimum Gasteiger partial charge on any atom is -0.345 e. The summed E-state index contributed by atoms with van der Waals surface area (Å²) in [5.74, 6) is -1.20. The molecule has 1 unspecified atom stereocenters. The molecule has 3 aromatic rings. The number of halogens is 1. The Morgan fingerprint density at radius 1 is 1.11 bits per heavy atom. The summed E-state index contributed by atoms with van der Waals surface area (Å²) in [5, 5.41) is 10.00. The first-order chi connectivity index (χ1) is 17.7. The Balaban J connectivity index is 0.00000336. The van der Waals surface area contributed by atoms with Crippen molar-refractivity contribution in [1.29, 1.82) is 0 Å². The standard InChI is InChI=1S/C28H32N6O3.ClH/c1-28(2,29)27(37)30-23(18-32-14-12-20-10-6-7-11-24(20)32)26(36)33-15-13-22-21(17-33)25(35)34(31-22)16-19-8-4-3-5-9-19;/h3-12,14,21,23H,13,15-18,29H2,1-2H3,(H,30,37);1H/t21?,23-;/m1./s1. The number of para-hydroxylation sites is 1. The van der Waals surface area contributed by atoms with E-state index in [9.17, 15) is 14.4 Å². The van der Waals surface area contributed by atoms with Gasteiger partial charge in [-0.05, 0) is 36.9 Å². The summed E-state index contributed by atoms with van der Waals surface area (Å²) in [5.41, 5.74) is 7.66. The molecule has 0 aliphatic carbocycles. The molecule has 9 nitrogen and oxygen atoms in total. The van der Waals surface area contributed by atoms with Gasteiger partial charge in [0, 0.05) is 31.2 Å². The number of benzene rings is 2. The number of nitrogens with two attached hydrogens (primary N) is 1. The van der Waals surface area contributed by atoms with Crippen LogP contribution in [0, 0.1) is 5.92 Å². The van der Waals surface area contributed by atoms with Crippen LogP contribution in [0.2, 0.25) is 0 Å². The van der Waals surface area contributed by atoms with Gasteiger partial charge in [-0.3, -0.25) is 14.4 Å². The number of hydrogen-bond donors (Lipinski definition) is 2. The van der Waals surface area contributed by atoms with Gasteiger partial charge in [-0.1, -0.05) is 48.5 Å². The molecule has 3 amide bonds. The van der Waals surface area contributed by atoms with Gasteiger partial charge in [0.05, 0.1) is 30.3 Å². The maximum atomic E-state index is 13.8. The Morgan fingerprint density at radius 2 is 1.82 bits per heavy atom. The number of hydrazone groups is 1. The van der Waals surface area contributed by atoms with E-state index in [1.807, 2.05) is 71.4 Å². The number of amides is 3. The molecule has 0 spiro atoms. The smallest absolute Gasteiger partial charge is 0.253 e. The second-order valence-electron chi connectivity index (χ2n) is 10.3. The quantitative estimate of drug-likeness (QED) is 0.483. The zero-order chi connectivity index (χ0) is 26.2. The second-order valence-corrected chi connectivity index (χ2v) is 10.3. The first-order valence-electron chi connectivity index (χ1n) is 12.6. The summed E-state index contributed by atoms with van der Waals surface area (Å²) < 4.78 is 1.96. The largest absolute Gasteiger partial charge is 0.345 e. The van der Waals surface area contributed by atoms with E-state index in [0.717, 1.165) is 22.2 Å². The van der Waals surface area contributed by atoms with Crippen molar-refractivity contribution in [1.82, 2.24) is 19.8 Å². The number of nitrogens with zero attached hydrogens (tertiary/aromatic N) is 4. The predicted octanol–water partition coefficient (Wildman–Crippen LogP) is 2.53. The third-order valence-electron chi connectivity index (χ3n) is 6.98. The fraction of sp³-hybridized carbons (Fsp3) is 0.357. The highest BCUT2D eigenvalue weighted by Gasteiger charge is 2.42. The summed E-state index contributed by atoms with van der Waals surface area (Å²) >= 11 is 0. The maximum Gasteiger partial charge on any atom is 0.253 e. The molecular formula is C28H33ClN6O3. The molecule has 1 saturated heterocycles. The molecule has 0 radical (unpaired) electrons. The number of rotatable bonds is 7. The number of carbonyl (C=O) groups excluding carboxylic acids is 3. The van der Waals surface area contributed by atoms with Crippen LogP contribution in [-0.2, 0) is 27.5 Å². The van der Waals surface area contributed by atoms with Crippen LogP contribution in [0.15, 0.2) is 72.0 Å². The SMILES string of the molecule is CC(C)(N)C(=O)N[C@H](Cn1ccc2ccccc21)C(=O)N1CCC2=NN(Cc3ccccc3)C(=O)C2C1.Cl. The van der Waals surface area contributed by atoms with Crippen LogP contribution in [0.4, 0.5) is 0 Å². The van der Waals surface area contributed by atoms with Gasteiger partial charge in [0.2, 0.25) is 11.8 Å². The predicted molar refractivity (Wildman–Crippen MR) is 148 cm³/mol. The Labute approximate surface area is 228 Å². The number of likely N-dealkylation sites (tertiary alicyclic amines) is 1. The van der Waals surface area contributed by atoms with E-state index in [-0.39, 0.29) is 37.3 Å². The van der Waals surface area contributed by atoms with Crippen LogP contribution in [0.5, 0.6) is 0 Å².